The van der Waals surface area contributed by atoms with Crippen LogP contribution in [-0.2, 0) is 19.6 Å². The van der Waals surface area contributed by atoms with Crippen molar-refractivity contribution < 1.29 is 4.79 Å². The van der Waals surface area contributed by atoms with E-state index in [4.69, 9.17) is 0 Å². The Labute approximate surface area is 215 Å². The Morgan fingerprint density at radius 3 is 2.08 bits per heavy atom. The third kappa shape index (κ3) is 5.71. The van der Waals surface area contributed by atoms with Crippen molar-refractivity contribution in [3.05, 3.63) is 110 Å². The molecule has 4 aromatic rings. The average molecular weight is 498 g/mol. The molecule has 0 spiro atoms. The first-order chi connectivity index (χ1) is 18.0. The largest absolute Gasteiger partial charge is 0.322 e. The molecule has 0 saturated carbocycles. The van der Waals surface area contributed by atoms with E-state index in [1.54, 1.807) is 25.1 Å². The summed E-state index contributed by atoms with van der Waals surface area (Å²) in [5.41, 5.74) is 3.42. The minimum absolute atomic E-state index is 0.278. The maximum atomic E-state index is 12.8. The molecule has 2 N–H and O–H groups in total. The first-order valence-electron chi connectivity index (χ1n) is 12.7. The maximum Gasteiger partial charge on any atom is 0.316 e. The van der Waals surface area contributed by atoms with Gasteiger partial charge in [0.25, 0.3) is 5.91 Å². The highest BCUT2D eigenvalue weighted by atomic mass is 16.2. The Hall–Kier alpha value is -4.01. The number of fused-ring (bicyclic) bond motifs is 1. The van der Waals surface area contributed by atoms with Crippen LogP contribution in [0.2, 0.25) is 0 Å². The molecule has 190 valence electrons. The highest BCUT2D eigenvalue weighted by molar-refractivity contribution is 6.05. The Balaban J connectivity index is 1.17. The van der Waals surface area contributed by atoms with Crippen LogP contribution in [0.5, 0.6) is 0 Å². The number of anilines is 1. The van der Waals surface area contributed by atoms with Crippen LogP contribution in [0, 0.1) is 0 Å². The Bertz CT molecular complexity index is 1500. The number of hydrogen-bond acceptors (Lipinski definition) is 5. The van der Waals surface area contributed by atoms with Gasteiger partial charge in [0, 0.05) is 57.1 Å². The predicted octanol–water partition coefficient (Wildman–Crippen LogP) is 3.28. The van der Waals surface area contributed by atoms with Crippen LogP contribution in [0.3, 0.4) is 0 Å². The van der Waals surface area contributed by atoms with Crippen molar-refractivity contribution in [2.75, 3.05) is 31.5 Å². The number of rotatable bonds is 7. The van der Waals surface area contributed by atoms with E-state index < -0.39 is 11.1 Å². The van der Waals surface area contributed by atoms with Gasteiger partial charge in [-0.25, -0.2) is 0 Å². The summed E-state index contributed by atoms with van der Waals surface area (Å²) in [5, 5.41) is 2.92. The normalized spacial score (nSPS) is 14.6. The van der Waals surface area contributed by atoms with Gasteiger partial charge in [0.15, 0.2) is 0 Å². The molecule has 1 aromatic heterocycles. The van der Waals surface area contributed by atoms with Gasteiger partial charge >= 0.3 is 11.1 Å². The van der Waals surface area contributed by atoms with Gasteiger partial charge in [0.1, 0.15) is 0 Å². The number of piperazine rings is 1. The van der Waals surface area contributed by atoms with Gasteiger partial charge in [-0.1, -0.05) is 42.5 Å². The van der Waals surface area contributed by atoms with E-state index in [-0.39, 0.29) is 5.91 Å². The molecule has 1 aliphatic heterocycles. The summed E-state index contributed by atoms with van der Waals surface area (Å²) in [6, 6.07) is 23.5. The van der Waals surface area contributed by atoms with Crippen molar-refractivity contribution in [2.24, 2.45) is 0 Å². The molecule has 0 aliphatic carbocycles. The van der Waals surface area contributed by atoms with Gasteiger partial charge in [-0.2, -0.15) is 0 Å². The molecular weight excluding hydrogens is 466 g/mol. The lowest BCUT2D eigenvalue weighted by Gasteiger charge is -2.34. The van der Waals surface area contributed by atoms with Crippen molar-refractivity contribution in [1.82, 2.24) is 19.4 Å². The Kier molecular flexibility index (Phi) is 7.30. The Morgan fingerprint density at radius 1 is 0.838 bits per heavy atom. The number of aromatic nitrogens is 2. The van der Waals surface area contributed by atoms with E-state index in [1.807, 2.05) is 24.3 Å². The number of H-pyrrole nitrogens is 1. The van der Waals surface area contributed by atoms with Crippen LogP contribution in [0.25, 0.3) is 11.0 Å². The number of hydrogen-bond donors (Lipinski definition) is 2. The van der Waals surface area contributed by atoms with Crippen LogP contribution >= 0.6 is 0 Å². The van der Waals surface area contributed by atoms with Gasteiger partial charge < -0.3 is 14.9 Å². The van der Waals surface area contributed by atoms with Crippen LogP contribution in [0.4, 0.5) is 5.69 Å². The molecule has 8 heteroatoms. The van der Waals surface area contributed by atoms with Crippen LogP contribution < -0.4 is 16.4 Å². The number of nitrogens with zero attached hydrogens (tertiary/aromatic N) is 3. The average Bonchev–Trinajstić information content (AvgIpc) is 2.92. The standard InChI is InChI=1S/C29H31N5O3/c1-2-34-26-13-10-23(18-25(26)31-28(36)29(34)37)27(35)30-24-11-8-22(9-12-24)20-33-16-14-32(15-17-33)19-21-6-4-3-5-7-21/h3-13,18H,2,14-17,19-20H2,1H3,(H,30,35)(H,31,36). The van der Waals surface area contributed by atoms with Gasteiger partial charge in [-0.15, -0.1) is 0 Å². The molecule has 1 amide bonds. The first kappa shape index (κ1) is 24.7. The zero-order valence-electron chi connectivity index (χ0n) is 20.9. The zero-order valence-corrected chi connectivity index (χ0v) is 20.9. The van der Waals surface area contributed by atoms with Crippen molar-refractivity contribution in [2.45, 2.75) is 26.6 Å². The van der Waals surface area contributed by atoms with E-state index in [0.29, 0.717) is 28.8 Å². The second-order valence-electron chi connectivity index (χ2n) is 9.42. The first-order valence-corrected chi connectivity index (χ1v) is 12.7. The second-order valence-corrected chi connectivity index (χ2v) is 9.42. The van der Waals surface area contributed by atoms with E-state index in [2.05, 4.69) is 50.4 Å². The molecule has 0 unspecified atom stereocenters. The lowest BCUT2D eigenvalue weighted by molar-refractivity contribution is 0.102. The number of carbonyl (C=O) groups excluding carboxylic acids is 1. The number of aromatic amines is 1. The van der Waals surface area contributed by atoms with E-state index in [0.717, 1.165) is 39.3 Å². The summed E-state index contributed by atoms with van der Waals surface area (Å²) in [6.45, 7) is 8.21. The van der Waals surface area contributed by atoms with Crippen LogP contribution in [0.1, 0.15) is 28.4 Å². The van der Waals surface area contributed by atoms with Crippen LogP contribution in [-0.4, -0.2) is 51.4 Å². The molecule has 2 heterocycles. The third-order valence-corrected chi connectivity index (χ3v) is 6.89. The van der Waals surface area contributed by atoms with E-state index >= 15 is 0 Å². The fourth-order valence-corrected chi connectivity index (χ4v) is 4.84. The van der Waals surface area contributed by atoms with Crippen LogP contribution in [0.15, 0.2) is 82.4 Å². The molecule has 1 aliphatic rings. The minimum Gasteiger partial charge on any atom is -0.322 e. The quantitative estimate of drug-likeness (QED) is 0.383. The smallest absolute Gasteiger partial charge is 0.316 e. The predicted molar refractivity (Wildman–Crippen MR) is 146 cm³/mol. The van der Waals surface area contributed by atoms with Gasteiger partial charge in [-0.3, -0.25) is 24.2 Å². The fourth-order valence-electron chi connectivity index (χ4n) is 4.84. The lowest BCUT2D eigenvalue weighted by Crippen LogP contribution is -2.45. The highest BCUT2D eigenvalue weighted by Gasteiger charge is 2.17. The topological polar surface area (TPSA) is 90.4 Å². The molecule has 5 rings (SSSR count). The molecule has 8 nitrogen and oxygen atoms in total. The summed E-state index contributed by atoms with van der Waals surface area (Å²) < 4.78 is 1.40. The van der Waals surface area contributed by atoms with Crippen molar-refractivity contribution in [1.29, 1.82) is 0 Å². The molecule has 0 atom stereocenters. The van der Waals surface area contributed by atoms with Gasteiger partial charge in [0.2, 0.25) is 0 Å². The summed E-state index contributed by atoms with van der Waals surface area (Å²) in [5.74, 6) is -0.278. The molecule has 37 heavy (non-hydrogen) atoms. The van der Waals surface area contributed by atoms with Gasteiger partial charge in [0.05, 0.1) is 11.0 Å². The Morgan fingerprint density at radius 2 is 1.46 bits per heavy atom. The summed E-state index contributed by atoms with van der Waals surface area (Å²) >= 11 is 0. The van der Waals surface area contributed by atoms with Gasteiger partial charge in [-0.05, 0) is 48.4 Å². The number of nitrogens with one attached hydrogen (secondary N) is 2. The summed E-state index contributed by atoms with van der Waals surface area (Å²) in [7, 11) is 0. The molecule has 3 aromatic carbocycles. The molecule has 0 radical (unpaired) electrons. The third-order valence-electron chi connectivity index (χ3n) is 6.89. The lowest BCUT2D eigenvalue weighted by atomic mass is 10.1. The van der Waals surface area contributed by atoms with Crippen molar-refractivity contribution in [3.63, 3.8) is 0 Å². The minimum atomic E-state index is -0.694. The fraction of sp³-hybridized carbons (Fsp3) is 0.276. The highest BCUT2D eigenvalue weighted by Crippen LogP contribution is 2.17. The van der Waals surface area contributed by atoms with E-state index in [9.17, 15) is 14.4 Å². The zero-order chi connectivity index (χ0) is 25.8. The number of benzene rings is 3. The monoisotopic (exact) mass is 497 g/mol. The van der Waals surface area contributed by atoms with Crippen molar-refractivity contribution in [3.8, 4) is 0 Å². The summed E-state index contributed by atoms with van der Waals surface area (Å²) in [4.78, 5) is 44.4. The molecular formula is C29H31N5O3. The van der Waals surface area contributed by atoms with Crippen molar-refractivity contribution >= 4 is 22.6 Å². The number of amides is 1. The summed E-state index contributed by atoms with van der Waals surface area (Å²) in [6.07, 6.45) is 0. The molecule has 0 bridgehead atoms. The second kappa shape index (κ2) is 10.9. The van der Waals surface area contributed by atoms with E-state index in [1.165, 1.54) is 15.7 Å². The number of carbonyl (C=O) groups is 1. The maximum absolute atomic E-state index is 12.8. The number of aryl methyl sites for hydroxylation is 1. The molecule has 1 fully saturated rings. The molecule has 1 saturated heterocycles. The SMILES string of the molecule is CCn1c(=O)c(=O)[nH]c2cc(C(=O)Nc3ccc(CN4CCN(Cc5ccccc5)CC4)cc3)ccc21.